The number of carboxylic acid groups (broad SMARTS) is 1. The minimum Gasteiger partial charge on any atom is -0.480 e. The smallest absolute Gasteiger partial charge is 0.325 e. The van der Waals surface area contributed by atoms with Crippen LogP contribution in [0, 0.1) is 0 Å². The molecule has 0 aliphatic heterocycles. The molecule has 15 heavy (non-hydrogen) atoms. The quantitative estimate of drug-likeness (QED) is 0.877. The van der Waals surface area contributed by atoms with Crippen LogP contribution in [0.2, 0.25) is 0 Å². The molecule has 0 amide bonds. The molecular weight excluding hydrogens is 260 g/mol. The van der Waals surface area contributed by atoms with Gasteiger partial charge in [-0.1, -0.05) is 6.07 Å². The van der Waals surface area contributed by atoms with Crippen LogP contribution >= 0.6 is 15.9 Å². The zero-order valence-corrected chi connectivity index (χ0v) is 10.2. The number of hydrogen-bond acceptors (Lipinski definition) is 3. The van der Waals surface area contributed by atoms with Crippen molar-refractivity contribution >= 4 is 27.6 Å². The van der Waals surface area contributed by atoms with E-state index >= 15 is 0 Å². The van der Waals surface area contributed by atoms with Crippen molar-refractivity contribution in [3.8, 4) is 0 Å². The maximum Gasteiger partial charge on any atom is 0.325 e. The fourth-order valence-corrected chi connectivity index (χ4v) is 1.81. The first-order valence-corrected chi connectivity index (χ1v) is 5.18. The van der Waals surface area contributed by atoms with E-state index in [1.54, 1.807) is 18.2 Å². The summed E-state index contributed by atoms with van der Waals surface area (Å²) in [5.41, 5.74) is 7.02. The molecule has 0 fully saturated rings. The largest absolute Gasteiger partial charge is 0.480 e. The number of anilines is 1. The minimum atomic E-state index is -1.03. The number of carbonyl (C=O) groups is 1. The third-order valence-corrected chi connectivity index (χ3v) is 2.75. The number of nitrogens with zero attached hydrogens (tertiary/aromatic N) is 1. The van der Waals surface area contributed by atoms with E-state index < -0.39 is 12.0 Å². The monoisotopic (exact) mass is 272 g/mol. The van der Waals surface area contributed by atoms with Crippen molar-refractivity contribution in [3.05, 3.63) is 28.2 Å². The zero-order valence-electron chi connectivity index (χ0n) is 8.57. The molecule has 5 heteroatoms. The average molecular weight is 273 g/mol. The van der Waals surface area contributed by atoms with Crippen LogP contribution in [0.5, 0.6) is 0 Å². The Balaban J connectivity index is 3.13. The number of halogens is 1. The fraction of sp³-hybridized carbons (Fsp3) is 0.300. The van der Waals surface area contributed by atoms with Crippen LogP contribution in [0.1, 0.15) is 11.6 Å². The first-order chi connectivity index (χ1) is 6.93. The summed E-state index contributed by atoms with van der Waals surface area (Å²) < 4.78 is 0.911. The van der Waals surface area contributed by atoms with Crippen molar-refractivity contribution in [2.75, 3.05) is 19.0 Å². The number of hydrogen-bond donors (Lipinski definition) is 2. The van der Waals surface area contributed by atoms with E-state index in [1.807, 2.05) is 19.0 Å². The number of nitrogens with two attached hydrogens (primary N) is 1. The maximum atomic E-state index is 10.7. The van der Waals surface area contributed by atoms with E-state index in [0.717, 1.165) is 10.2 Å². The van der Waals surface area contributed by atoms with E-state index in [0.29, 0.717) is 5.56 Å². The van der Waals surface area contributed by atoms with Crippen LogP contribution in [0.15, 0.2) is 22.7 Å². The first-order valence-electron chi connectivity index (χ1n) is 4.38. The van der Waals surface area contributed by atoms with Gasteiger partial charge in [0.25, 0.3) is 0 Å². The third kappa shape index (κ3) is 2.70. The van der Waals surface area contributed by atoms with Gasteiger partial charge in [0.05, 0.1) is 5.69 Å². The van der Waals surface area contributed by atoms with Crippen molar-refractivity contribution in [2.24, 2.45) is 5.73 Å². The van der Waals surface area contributed by atoms with E-state index in [9.17, 15) is 4.79 Å². The molecule has 1 aromatic rings. The fourth-order valence-electron chi connectivity index (χ4n) is 1.21. The SMILES string of the molecule is CN(C)c1cc(C(N)C(=O)O)ccc1Br. The van der Waals surface area contributed by atoms with E-state index in [4.69, 9.17) is 10.8 Å². The summed E-state index contributed by atoms with van der Waals surface area (Å²) in [6, 6.07) is 4.29. The Morgan fingerprint density at radius 3 is 2.60 bits per heavy atom. The topological polar surface area (TPSA) is 66.6 Å². The second-order valence-corrected chi connectivity index (χ2v) is 4.28. The molecule has 1 rings (SSSR count). The molecule has 0 saturated carbocycles. The number of rotatable bonds is 3. The Labute approximate surface area is 96.8 Å². The van der Waals surface area contributed by atoms with Crippen molar-refractivity contribution in [1.82, 2.24) is 0 Å². The van der Waals surface area contributed by atoms with Crippen LogP contribution in [0.25, 0.3) is 0 Å². The van der Waals surface area contributed by atoms with Crippen molar-refractivity contribution < 1.29 is 9.90 Å². The summed E-state index contributed by atoms with van der Waals surface area (Å²) >= 11 is 3.39. The molecule has 0 aliphatic carbocycles. The summed E-state index contributed by atoms with van der Waals surface area (Å²) in [4.78, 5) is 12.6. The van der Waals surface area contributed by atoms with Crippen molar-refractivity contribution in [1.29, 1.82) is 0 Å². The number of carboxylic acids is 1. The van der Waals surface area contributed by atoms with Gasteiger partial charge in [-0.3, -0.25) is 4.79 Å². The van der Waals surface area contributed by atoms with Crippen molar-refractivity contribution in [3.63, 3.8) is 0 Å². The summed E-state index contributed by atoms with van der Waals surface area (Å²) in [6.45, 7) is 0. The molecule has 0 radical (unpaired) electrons. The van der Waals surface area contributed by atoms with Crippen molar-refractivity contribution in [2.45, 2.75) is 6.04 Å². The second kappa shape index (κ2) is 4.63. The van der Waals surface area contributed by atoms with Gasteiger partial charge in [0.2, 0.25) is 0 Å². The molecule has 0 saturated heterocycles. The summed E-state index contributed by atoms with van der Waals surface area (Å²) in [7, 11) is 3.77. The number of aliphatic carboxylic acids is 1. The van der Waals surface area contributed by atoms with Crippen LogP contribution in [-0.4, -0.2) is 25.2 Å². The summed E-state index contributed by atoms with van der Waals surface area (Å²) in [6.07, 6.45) is 0. The molecule has 1 aromatic carbocycles. The highest BCUT2D eigenvalue weighted by molar-refractivity contribution is 9.10. The highest BCUT2D eigenvalue weighted by atomic mass is 79.9. The molecule has 3 N–H and O–H groups in total. The van der Waals surface area contributed by atoms with E-state index in [1.165, 1.54) is 0 Å². The predicted molar refractivity (Wildman–Crippen MR) is 63.0 cm³/mol. The lowest BCUT2D eigenvalue weighted by atomic mass is 10.1. The molecule has 0 aliphatic rings. The Kier molecular flexibility index (Phi) is 3.71. The lowest BCUT2D eigenvalue weighted by Crippen LogP contribution is -2.21. The van der Waals surface area contributed by atoms with Crippen LogP contribution < -0.4 is 10.6 Å². The average Bonchev–Trinajstić information content (AvgIpc) is 2.16. The highest BCUT2D eigenvalue weighted by Crippen LogP contribution is 2.27. The lowest BCUT2D eigenvalue weighted by Gasteiger charge is -2.17. The van der Waals surface area contributed by atoms with Crippen LogP contribution in [0.3, 0.4) is 0 Å². The standard InChI is InChI=1S/C10H13BrN2O2/c1-13(2)8-5-6(3-4-7(8)11)9(12)10(14)15/h3-5,9H,12H2,1-2H3,(H,14,15). The van der Waals surface area contributed by atoms with E-state index in [-0.39, 0.29) is 0 Å². The van der Waals surface area contributed by atoms with Gasteiger partial charge in [-0.2, -0.15) is 0 Å². The third-order valence-electron chi connectivity index (χ3n) is 2.08. The minimum absolute atomic E-state index is 0.592. The maximum absolute atomic E-state index is 10.7. The molecular formula is C10H13BrN2O2. The van der Waals surface area contributed by atoms with Gasteiger partial charge in [-0.15, -0.1) is 0 Å². The second-order valence-electron chi connectivity index (χ2n) is 3.42. The molecule has 1 unspecified atom stereocenters. The van der Waals surface area contributed by atoms with Gasteiger partial charge in [-0.05, 0) is 33.6 Å². The molecule has 0 bridgehead atoms. The summed E-state index contributed by atoms with van der Waals surface area (Å²) in [5.74, 6) is -1.03. The molecule has 0 aromatic heterocycles. The molecule has 0 spiro atoms. The molecule has 0 heterocycles. The predicted octanol–water partition coefficient (Wildman–Crippen LogP) is 1.60. The molecule has 4 nitrogen and oxygen atoms in total. The van der Waals surface area contributed by atoms with Gasteiger partial charge in [0.15, 0.2) is 0 Å². The van der Waals surface area contributed by atoms with Gasteiger partial charge < -0.3 is 15.7 Å². The van der Waals surface area contributed by atoms with Gasteiger partial charge in [0, 0.05) is 18.6 Å². The lowest BCUT2D eigenvalue weighted by molar-refractivity contribution is -0.138. The van der Waals surface area contributed by atoms with E-state index in [2.05, 4.69) is 15.9 Å². The zero-order chi connectivity index (χ0) is 11.6. The molecule has 82 valence electrons. The van der Waals surface area contributed by atoms with Gasteiger partial charge >= 0.3 is 5.97 Å². The Bertz CT molecular complexity index is 380. The molecule has 1 atom stereocenters. The van der Waals surface area contributed by atoms with Crippen LogP contribution in [0.4, 0.5) is 5.69 Å². The normalized spacial score (nSPS) is 12.3. The number of benzene rings is 1. The highest BCUT2D eigenvalue weighted by Gasteiger charge is 2.15. The Morgan fingerprint density at radius 2 is 2.13 bits per heavy atom. The van der Waals surface area contributed by atoms with Crippen LogP contribution in [-0.2, 0) is 4.79 Å². The Hall–Kier alpha value is -1.07. The van der Waals surface area contributed by atoms with Gasteiger partial charge in [0.1, 0.15) is 6.04 Å². The Morgan fingerprint density at radius 1 is 1.53 bits per heavy atom. The van der Waals surface area contributed by atoms with Gasteiger partial charge in [-0.25, -0.2) is 0 Å². The first kappa shape index (κ1) is 12.0. The summed E-state index contributed by atoms with van der Waals surface area (Å²) in [5, 5.41) is 8.78.